The molecule has 1 heterocycles. The minimum atomic E-state index is -0.544. The highest BCUT2D eigenvalue weighted by atomic mass is 16.6. The van der Waals surface area contributed by atoms with Gasteiger partial charge in [0.2, 0.25) is 5.95 Å². The first-order valence-electron chi connectivity index (χ1n) is 5.86. The van der Waals surface area contributed by atoms with Crippen LogP contribution in [0.2, 0.25) is 0 Å². The third-order valence-electron chi connectivity index (χ3n) is 2.32. The zero-order valence-corrected chi connectivity index (χ0v) is 10.8. The number of ether oxygens (including phenoxy) is 1. The molecule has 0 aliphatic carbocycles. The van der Waals surface area contributed by atoms with E-state index >= 15 is 0 Å². The predicted octanol–water partition coefficient (Wildman–Crippen LogP) is 2.24. The van der Waals surface area contributed by atoms with Crippen molar-refractivity contribution in [2.75, 3.05) is 19.0 Å². The van der Waals surface area contributed by atoms with Crippen LogP contribution in [-0.4, -0.2) is 28.5 Å². The van der Waals surface area contributed by atoms with Crippen molar-refractivity contribution in [2.24, 2.45) is 5.92 Å². The van der Waals surface area contributed by atoms with Gasteiger partial charge in [0.05, 0.1) is 11.5 Å². The lowest BCUT2D eigenvalue weighted by molar-refractivity contribution is -0.386. The van der Waals surface area contributed by atoms with E-state index < -0.39 is 4.92 Å². The van der Waals surface area contributed by atoms with Gasteiger partial charge in [0.1, 0.15) is 6.20 Å². The average Bonchev–Trinajstić information content (AvgIpc) is 2.33. The van der Waals surface area contributed by atoms with Crippen LogP contribution in [0, 0.1) is 16.0 Å². The number of hydrogen-bond acceptors (Lipinski definition) is 6. The molecular weight excluding hydrogens is 236 g/mol. The van der Waals surface area contributed by atoms with Gasteiger partial charge in [0.15, 0.2) is 0 Å². The third kappa shape index (κ3) is 4.15. The van der Waals surface area contributed by atoms with Gasteiger partial charge in [0.25, 0.3) is 5.88 Å². The first kappa shape index (κ1) is 14.1. The average molecular weight is 254 g/mol. The third-order valence-corrected chi connectivity index (χ3v) is 2.32. The second-order valence-electron chi connectivity index (χ2n) is 4.28. The summed E-state index contributed by atoms with van der Waals surface area (Å²) in [5.74, 6) is 0.907. The minimum absolute atomic E-state index is 0.0168. The van der Waals surface area contributed by atoms with Crippen molar-refractivity contribution in [1.82, 2.24) is 9.97 Å². The summed E-state index contributed by atoms with van der Waals surface area (Å²) in [5, 5.41) is 13.5. The molecule has 0 saturated carbocycles. The highest BCUT2D eigenvalue weighted by Gasteiger charge is 2.18. The standard InChI is InChI=1S/C11H18N4O3/c1-8(2)5-4-6-18-10-9(15(16)17)7-13-11(12-3)14-10/h7-8H,4-6H2,1-3H3,(H,12,13,14). The summed E-state index contributed by atoms with van der Waals surface area (Å²) in [6, 6.07) is 0. The Hall–Kier alpha value is -1.92. The number of nitrogens with one attached hydrogen (secondary N) is 1. The van der Waals surface area contributed by atoms with Gasteiger partial charge < -0.3 is 10.1 Å². The summed E-state index contributed by atoms with van der Waals surface area (Å²) in [6.07, 6.45) is 3.00. The Bertz CT molecular complexity index is 409. The van der Waals surface area contributed by atoms with Gasteiger partial charge in [-0.15, -0.1) is 0 Å². The molecule has 0 fully saturated rings. The van der Waals surface area contributed by atoms with Gasteiger partial charge in [-0.05, 0) is 18.8 Å². The first-order valence-corrected chi connectivity index (χ1v) is 5.86. The molecule has 1 rings (SSSR count). The van der Waals surface area contributed by atoms with E-state index in [2.05, 4.69) is 29.1 Å². The predicted molar refractivity (Wildman–Crippen MR) is 67.8 cm³/mol. The van der Waals surface area contributed by atoms with Crippen LogP contribution in [0.15, 0.2) is 6.20 Å². The van der Waals surface area contributed by atoms with Crippen LogP contribution in [0.4, 0.5) is 11.6 Å². The fourth-order valence-corrected chi connectivity index (χ4v) is 1.37. The van der Waals surface area contributed by atoms with Crippen LogP contribution in [-0.2, 0) is 0 Å². The molecule has 0 atom stereocenters. The monoisotopic (exact) mass is 254 g/mol. The van der Waals surface area contributed by atoms with Crippen LogP contribution < -0.4 is 10.1 Å². The van der Waals surface area contributed by atoms with E-state index in [4.69, 9.17) is 4.74 Å². The van der Waals surface area contributed by atoms with Crippen molar-refractivity contribution in [3.63, 3.8) is 0 Å². The zero-order valence-electron chi connectivity index (χ0n) is 10.8. The number of nitro groups is 1. The summed E-state index contributed by atoms with van der Waals surface area (Å²) in [5.41, 5.74) is -0.210. The fourth-order valence-electron chi connectivity index (χ4n) is 1.37. The van der Waals surface area contributed by atoms with E-state index in [0.29, 0.717) is 18.5 Å². The Morgan fingerprint density at radius 2 is 2.28 bits per heavy atom. The maximum Gasteiger partial charge on any atom is 0.349 e. The number of hydrogen-bond donors (Lipinski definition) is 1. The molecule has 0 aromatic carbocycles. The van der Waals surface area contributed by atoms with Gasteiger partial charge in [-0.2, -0.15) is 4.98 Å². The lowest BCUT2D eigenvalue weighted by Crippen LogP contribution is -2.06. The van der Waals surface area contributed by atoms with Crippen molar-refractivity contribution in [2.45, 2.75) is 26.7 Å². The molecule has 0 bridgehead atoms. The maximum atomic E-state index is 10.8. The number of anilines is 1. The summed E-state index contributed by atoms with van der Waals surface area (Å²) >= 11 is 0. The number of aromatic nitrogens is 2. The summed E-state index contributed by atoms with van der Waals surface area (Å²) in [4.78, 5) is 18.0. The van der Waals surface area contributed by atoms with Crippen molar-refractivity contribution < 1.29 is 9.66 Å². The summed E-state index contributed by atoms with van der Waals surface area (Å²) in [7, 11) is 1.64. The van der Waals surface area contributed by atoms with Gasteiger partial charge in [-0.25, -0.2) is 4.98 Å². The molecule has 0 spiro atoms. The zero-order chi connectivity index (χ0) is 13.5. The van der Waals surface area contributed by atoms with E-state index in [1.54, 1.807) is 7.05 Å². The van der Waals surface area contributed by atoms with Crippen LogP contribution in [0.5, 0.6) is 5.88 Å². The van der Waals surface area contributed by atoms with E-state index in [1.165, 1.54) is 0 Å². The molecule has 7 nitrogen and oxygen atoms in total. The Labute approximate surface area is 106 Å². The van der Waals surface area contributed by atoms with Gasteiger partial charge in [0, 0.05) is 7.05 Å². The van der Waals surface area contributed by atoms with E-state index in [1.807, 2.05) is 0 Å². The molecule has 1 N–H and O–H groups in total. The Balaban J connectivity index is 2.69. The molecule has 1 aromatic heterocycles. The quantitative estimate of drug-likeness (QED) is 0.456. The van der Waals surface area contributed by atoms with Crippen molar-refractivity contribution >= 4 is 11.6 Å². The highest BCUT2D eigenvalue weighted by molar-refractivity contribution is 5.42. The van der Waals surface area contributed by atoms with E-state index in [-0.39, 0.29) is 11.6 Å². The SMILES string of the molecule is CNc1ncc([N+](=O)[O-])c(OCCCC(C)C)n1. The number of rotatable bonds is 7. The Kier molecular flexibility index (Phi) is 5.29. The normalized spacial score (nSPS) is 10.4. The highest BCUT2D eigenvalue weighted by Crippen LogP contribution is 2.24. The van der Waals surface area contributed by atoms with E-state index in [9.17, 15) is 10.1 Å². The molecule has 1 aromatic rings. The molecule has 7 heteroatoms. The van der Waals surface area contributed by atoms with Crippen LogP contribution in [0.25, 0.3) is 0 Å². The topological polar surface area (TPSA) is 90.2 Å². The first-order chi connectivity index (χ1) is 8.54. The van der Waals surface area contributed by atoms with Gasteiger partial charge >= 0.3 is 5.69 Å². The number of nitrogens with zero attached hydrogens (tertiary/aromatic N) is 3. The molecule has 0 aliphatic heterocycles. The Morgan fingerprint density at radius 1 is 1.56 bits per heavy atom. The molecule has 18 heavy (non-hydrogen) atoms. The largest absolute Gasteiger partial charge is 0.473 e. The summed E-state index contributed by atoms with van der Waals surface area (Å²) < 4.78 is 5.36. The molecule has 100 valence electrons. The molecule has 0 aliphatic rings. The van der Waals surface area contributed by atoms with Crippen molar-refractivity contribution in [1.29, 1.82) is 0 Å². The van der Waals surface area contributed by atoms with Gasteiger partial charge in [-0.1, -0.05) is 13.8 Å². The fraction of sp³-hybridized carbons (Fsp3) is 0.636. The van der Waals surface area contributed by atoms with Crippen LogP contribution in [0.1, 0.15) is 26.7 Å². The van der Waals surface area contributed by atoms with E-state index in [0.717, 1.165) is 19.0 Å². The van der Waals surface area contributed by atoms with Crippen molar-refractivity contribution in [3.8, 4) is 5.88 Å². The Morgan fingerprint density at radius 3 is 2.83 bits per heavy atom. The molecule has 0 unspecified atom stereocenters. The molecular formula is C11H18N4O3. The maximum absolute atomic E-state index is 10.8. The lowest BCUT2D eigenvalue weighted by Gasteiger charge is -2.08. The second kappa shape index (κ2) is 6.73. The smallest absolute Gasteiger partial charge is 0.349 e. The minimum Gasteiger partial charge on any atom is -0.473 e. The van der Waals surface area contributed by atoms with Gasteiger partial charge in [-0.3, -0.25) is 10.1 Å². The lowest BCUT2D eigenvalue weighted by atomic mass is 10.1. The molecule has 0 amide bonds. The van der Waals surface area contributed by atoms with Crippen LogP contribution in [0.3, 0.4) is 0 Å². The van der Waals surface area contributed by atoms with Crippen LogP contribution >= 0.6 is 0 Å². The summed E-state index contributed by atoms with van der Waals surface area (Å²) in [6.45, 7) is 4.65. The molecule has 0 radical (unpaired) electrons. The second-order valence-corrected chi connectivity index (χ2v) is 4.28. The van der Waals surface area contributed by atoms with Crippen molar-refractivity contribution in [3.05, 3.63) is 16.3 Å². The molecule has 0 saturated heterocycles.